The summed E-state index contributed by atoms with van der Waals surface area (Å²) in [5, 5.41) is 10.3. The first-order valence-corrected chi connectivity index (χ1v) is 10.5. The minimum absolute atomic E-state index is 0.543. The molecule has 0 radical (unpaired) electrons. The van der Waals surface area contributed by atoms with E-state index in [2.05, 4.69) is 26.2 Å². The molecule has 112 valence electrons. The lowest BCUT2D eigenvalue weighted by Gasteiger charge is -2.20. The normalized spacial score (nSPS) is 12.9. The van der Waals surface area contributed by atoms with Gasteiger partial charge in [0.25, 0.3) is 0 Å². The van der Waals surface area contributed by atoms with E-state index in [0.717, 1.165) is 17.2 Å². The fraction of sp³-hybridized carbons (Fsp3) is 0.500. The Morgan fingerprint density at radius 2 is 1.80 bits per heavy atom. The summed E-state index contributed by atoms with van der Waals surface area (Å²) in [5.41, 5.74) is 1.95. The zero-order valence-corrected chi connectivity index (χ0v) is 14.2. The highest BCUT2D eigenvalue weighted by atomic mass is 28.3. The molecule has 0 bridgehead atoms. The molecule has 1 N–H and O–H groups in total. The minimum atomic E-state index is -1.18. The Bertz CT molecular complexity index is 463. The molecular formula is C16H26O3Si. The molecule has 0 amide bonds. The molecule has 20 heavy (non-hydrogen) atoms. The van der Waals surface area contributed by atoms with Crippen LogP contribution in [0.15, 0.2) is 30.4 Å². The Morgan fingerprint density at radius 1 is 1.20 bits per heavy atom. The summed E-state index contributed by atoms with van der Waals surface area (Å²) in [6.45, 7) is 11.0. The number of hydrogen-bond donors (Lipinski definition) is 1. The molecular weight excluding hydrogens is 268 g/mol. The molecule has 0 heterocycles. The highest BCUT2D eigenvalue weighted by Gasteiger charge is 2.18. The summed E-state index contributed by atoms with van der Waals surface area (Å²) >= 11 is 0. The number of benzene rings is 1. The van der Waals surface area contributed by atoms with E-state index in [-0.39, 0.29) is 0 Å². The summed E-state index contributed by atoms with van der Waals surface area (Å²) in [4.78, 5) is 0. The molecule has 0 saturated carbocycles. The number of ether oxygens (including phenoxy) is 2. The first kappa shape index (κ1) is 16.8. The van der Waals surface area contributed by atoms with Crippen LogP contribution in [0.3, 0.4) is 0 Å². The molecule has 1 rings (SSSR count). The highest BCUT2D eigenvalue weighted by Crippen LogP contribution is 2.32. The van der Waals surface area contributed by atoms with Crippen molar-refractivity contribution in [2.75, 3.05) is 14.2 Å². The van der Waals surface area contributed by atoms with Gasteiger partial charge < -0.3 is 14.6 Å². The number of methoxy groups -OCH3 is 2. The average molecular weight is 294 g/mol. The van der Waals surface area contributed by atoms with Crippen molar-refractivity contribution in [3.8, 4) is 11.5 Å². The Balaban J connectivity index is 2.77. The molecule has 0 aromatic heterocycles. The Morgan fingerprint density at radius 3 is 2.30 bits per heavy atom. The predicted molar refractivity (Wildman–Crippen MR) is 86.4 cm³/mol. The Kier molecular flexibility index (Phi) is 5.83. The lowest BCUT2D eigenvalue weighted by Crippen LogP contribution is -2.20. The third kappa shape index (κ3) is 5.02. The van der Waals surface area contributed by atoms with E-state index < -0.39 is 14.2 Å². The van der Waals surface area contributed by atoms with E-state index in [9.17, 15) is 5.11 Å². The topological polar surface area (TPSA) is 38.7 Å². The van der Waals surface area contributed by atoms with Crippen LogP contribution in [0.5, 0.6) is 11.5 Å². The number of aliphatic hydroxyl groups excluding tert-OH is 1. The van der Waals surface area contributed by atoms with Gasteiger partial charge in [-0.3, -0.25) is 0 Å². The lowest BCUT2D eigenvalue weighted by atomic mass is 10.0. The van der Waals surface area contributed by atoms with Gasteiger partial charge in [-0.15, -0.1) is 6.58 Å². The molecule has 0 aliphatic rings. The van der Waals surface area contributed by atoms with Crippen LogP contribution in [0.2, 0.25) is 25.7 Å². The van der Waals surface area contributed by atoms with Gasteiger partial charge in [-0.05, 0) is 30.2 Å². The van der Waals surface area contributed by atoms with E-state index in [1.54, 1.807) is 14.2 Å². The minimum Gasteiger partial charge on any atom is -0.493 e. The summed E-state index contributed by atoms with van der Waals surface area (Å²) in [5.74, 6) is 1.31. The second-order valence-corrected chi connectivity index (χ2v) is 11.8. The van der Waals surface area contributed by atoms with Crippen LogP contribution in [-0.4, -0.2) is 27.4 Å². The second-order valence-electron chi connectivity index (χ2n) is 6.32. The van der Waals surface area contributed by atoms with Crippen molar-refractivity contribution in [3.63, 3.8) is 0 Å². The van der Waals surface area contributed by atoms with Crippen LogP contribution >= 0.6 is 0 Å². The monoisotopic (exact) mass is 294 g/mol. The van der Waals surface area contributed by atoms with Gasteiger partial charge in [0.1, 0.15) is 0 Å². The van der Waals surface area contributed by atoms with Crippen molar-refractivity contribution in [1.82, 2.24) is 0 Å². The molecule has 0 aliphatic heterocycles. The SMILES string of the molecule is C=C(C[C@@H](O)c1ccc(OC)c(OC)c1)C[Si](C)(C)C. The summed E-state index contributed by atoms with van der Waals surface area (Å²) in [7, 11) is 2.02. The number of rotatable bonds is 7. The van der Waals surface area contributed by atoms with E-state index in [1.807, 2.05) is 18.2 Å². The van der Waals surface area contributed by atoms with Crippen LogP contribution in [0.25, 0.3) is 0 Å². The first-order valence-electron chi connectivity index (χ1n) is 6.83. The van der Waals surface area contributed by atoms with Gasteiger partial charge in [-0.2, -0.15) is 0 Å². The van der Waals surface area contributed by atoms with E-state index >= 15 is 0 Å². The van der Waals surface area contributed by atoms with Crippen LogP contribution in [0.1, 0.15) is 18.1 Å². The van der Waals surface area contributed by atoms with Crippen molar-refractivity contribution in [2.45, 2.75) is 38.2 Å². The first-order chi connectivity index (χ1) is 9.26. The molecule has 0 saturated heterocycles. The fourth-order valence-electron chi connectivity index (χ4n) is 2.27. The van der Waals surface area contributed by atoms with Crippen LogP contribution in [0.4, 0.5) is 0 Å². The molecule has 3 nitrogen and oxygen atoms in total. The molecule has 0 unspecified atom stereocenters. The smallest absolute Gasteiger partial charge is 0.161 e. The summed E-state index contributed by atoms with van der Waals surface area (Å²) < 4.78 is 10.5. The maximum absolute atomic E-state index is 10.3. The molecule has 0 aliphatic carbocycles. The van der Waals surface area contributed by atoms with Gasteiger partial charge in [0, 0.05) is 8.07 Å². The summed E-state index contributed by atoms with van der Waals surface area (Å²) in [6.07, 6.45) is 0.0541. The van der Waals surface area contributed by atoms with Gasteiger partial charge in [0.15, 0.2) is 11.5 Å². The molecule has 1 atom stereocenters. The third-order valence-electron chi connectivity index (χ3n) is 3.05. The molecule has 1 aromatic carbocycles. The summed E-state index contributed by atoms with van der Waals surface area (Å²) in [6, 6.07) is 6.55. The van der Waals surface area contributed by atoms with Crippen LogP contribution < -0.4 is 9.47 Å². The van der Waals surface area contributed by atoms with Gasteiger partial charge >= 0.3 is 0 Å². The predicted octanol–water partition coefficient (Wildman–Crippen LogP) is 4.02. The number of hydrogen-bond acceptors (Lipinski definition) is 3. The Labute approximate surface area is 123 Å². The lowest BCUT2D eigenvalue weighted by molar-refractivity contribution is 0.178. The van der Waals surface area contributed by atoms with Crippen molar-refractivity contribution >= 4 is 8.07 Å². The van der Waals surface area contributed by atoms with Gasteiger partial charge in [0.2, 0.25) is 0 Å². The van der Waals surface area contributed by atoms with Crippen molar-refractivity contribution < 1.29 is 14.6 Å². The quantitative estimate of drug-likeness (QED) is 0.610. The Hall–Kier alpha value is -1.26. The molecule has 4 heteroatoms. The zero-order chi connectivity index (χ0) is 15.3. The highest BCUT2D eigenvalue weighted by molar-refractivity contribution is 6.76. The standard InChI is InChI=1S/C16H26O3Si/c1-12(11-20(4,5)6)9-14(17)13-7-8-15(18-2)16(10-13)19-3/h7-8,10,14,17H,1,9,11H2,2-6H3/t14-/m1/s1. The maximum atomic E-state index is 10.3. The van der Waals surface area contributed by atoms with Gasteiger partial charge in [-0.25, -0.2) is 0 Å². The molecule has 1 aromatic rings. The fourth-order valence-corrected chi connectivity index (χ4v) is 3.92. The molecule has 0 spiro atoms. The second kappa shape index (κ2) is 6.95. The van der Waals surface area contributed by atoms with Gasteiger partial charge in [-0.1, -0.05) is 31.3 Å². The third-order valence-corrected chi connectivity index (χ3v) is 4.62. The maximum Gasteiger partial charge on any atom is 0.161 e. The van der Waals surface area contributed by atoms with E-state index in [1.165, 1.54) is 0 Å². The average Bonchev–Trinajstić information content (AvgIpc) is 2.35. The van der Waals surface area contributed by atoms with Crippen molar-refractivity contribution in [1.29, 1.82) is 0 Å². The van der Waals surface area contributed by atoms with E-state index in [4.69, 9.17) is 9.47 Å². The van der Waals surface area contributed by atoms with Crippen molar-refractivity contribution in [2.24, 2.45) is 0 Å². The number of aliphatic hydroxyl groups is 1. The van der Waals surface area contributed by atoms with Gasteiger partial charge in [0.05, 0.1) is 20.3 Å². The molecule has 0 fully saturated rings. The van der Waals surface area contributed by atoms with Crippen molar-refractivity contribution in [3.05, 3.63) is 35.9 Å². The zero-order valence-electron chi connectivity index (χ0n) is 13.2. The van der Waals surface area contributed by atoms with Crippen LogP contribution in [0, 0.1) is 0 Å². The van der Waals surface area contributed by atoms with E-state index in [0.29, 0.717) is 17.9 Å². The largest absolute Gasteiger partial charge is 0.493 e. The van der Waals surface area contributed by atoms with Crippen LogP contribution in [-0.2, 0) is 0 Å².